The van der Waals surface area contributed by atoms with Crippen LogP contribution in [-0.4, -0.2) is 74.2 Å². The van der Waals surface area contributed by atoms with Crippen molar-refractivity contribution in [3.63, 3.8) is 0 Å². The number of ether oxygens (including phenoxy) is 4. The fourth-order valence-electron chi connectivity index (χ4n) is 2.96. The average molecular weight is 590 g/mol. The second-order valence-electron chi connectivity index (χ2n) is 6.85. The Morgan fingerprint density at radius 3 is 2.19 bits per heavy atom. The van der Waals surface area contributed by atoms with Gasteiger partial charge >= 0.3 is 0 Å². The van der Waals surface area contributed by atoms with Crippen molar-refractivity contribution in [2.24, 2.45) is 0 Å². The minimum atomic E-state index is 0.0867. The highest BCUT2D eigenvalue weighted by molar-refractivity contribution is 9.11. The van der Waals surface area contributed by atoms with Crippen LogP contribution in [0.5, 0.6) is 5.75 Å². The molecule has 0 radical (unpaired) electrons. The lowest BCUT2D eigenvalue weighted by molar-refractivity contribution is 0.00565. The fraction of sp³-hybridized carbons (Fsp3) is 0.455. The standard InChI is InChI=1S/C22H26Br2N2O5S/c1-14-4-3-5-15-18(14)26-19-16(23)22(17(24)21(27)20(19)25-15)32-13-12-31-11-10-30-9-8-29-7-6-28-2/h3-5,27H,6-13H2,1-2H3. The first-order valence-electron chi connectivity index (χ1n) is 10.2. The van der Waals surface area contributed by atoms with Gasteiger partial charge in [0.15, 0.2) is 5.75 Å². The third-order valence-electron chi connectivity index (χ3n) is 4.59. The van der Waals surface area contributed by atoms with Crippen molar-refractivity contribution < 1.29 is 24.1 Å². The summed E-state index contributed by atoms with van der Waals surface area (Å²) < 4.78 is 22.7. The highest BCUT2D eigenvalue weighted by atomic mass is 79.9. The van der Waals surface area contributed by atoms with Gasteiger partial charge in [-0.05, 0) is 50.4 Å². The fourth-order valence-corrected chi connectivity index (χ4v) is 5.63. The molecule has 0 aliphatic heterocycles. The van der Waals surface area contributed by atoms with Crippen molar-refractivity contribution in [3.8, 4) is 5.75 Å². The number of aromatic nitrogens is 2. The molecule has 0 saturated heterocycles. The zero-order valence-electron chi connectivity index (χ0n) is 18.0. The Kier molecular flexibility index (Phi) is 10.4. The van der Waals surface area contributed by atoms with Gasteiger partial charge in [0.1, 0.15) is 11.0 Å². The molecule has 32 heavy (non-hydrogen) atoms. The topological polar surface area (TPSA) is 82.9 Å². The summed E-state index contributed by atoms with van der Waals surface area (Å²) in [4.78, 5) is 10.3. The molecule has 1 heterocycles. The summed E-state index contributed by atoms with van der Waals surface area (Å²) in [6.07, 6.45) is 0. The van der Waals surface area contributed by atoms with E-state index in [1.165, 1.54) is 0 Å². The van der Waals surface area contributed by atoms with Crippen LogP contribution < -0.4 is 0 Å². The number of fused-ring (bicyclic) bond motifs is 2. The molecule has 0 fully saturated rings. The van der Waals surface area contributed by atoms with Crippen LogP contribution >= 0.6 is 43.6 Å². The maximum Gasteiger partial charge on any atom is 0.158 e. The van der Waals surface area contributed by atoms with Crippen molar-refractivity contribution in [1.82, 2.24) is 9.97 Å². The molecule has 1 aromatic heterocycles. The van der Waals surface area contributed by atoms with Crippen molar-refractivity contribution >= 4 is 65.7 Å². The Balaban J connectivity index is 1.53. The van der Waals surface area contributed by atoms with E-state index >= 15 is 0 Å². The van der Waals surface area contributed by atoms with Crippen LogP contribution in [0.1, 0.15) is 5.56 Å². The third-order valence-corrected chi connectivity index (χ3v) is 7.72. The number of halogens is 2. The summed E-state index contributed by atoms with van der Waals surface area (Å²) in [5, 5.41) is 10.7. The highest BCUT2D eigenvalue weighted by Gasteiger charge is 2.20. The number of nitrogens with zero attached hydrogens (tertiary/aromatic N) is 2. The Morgan fingerprint density at radius 1 is 0.844 bits per heavy atom. The molecule has 0 saturated carbocycles. The number of phenols is 1. The highest BCUT2D eigenvalue weighted by Crippen LogP contribution is 2.45. The molecular weight excluding hydrogens is 564 g/mol. The van der Waals surface area contributed by atoms with Crippen LogP contribution in [0.3, 0.4) is 0 Å². The van der Waals surface area contributed by atoms with E-state index in [1.807, 2.05) is 25.1 Å². The molecule has 0 spiro atoms. The Morgan fingerprint density at radius 2 is 1.50 bits per heavy atom. The lowest BCUT2D eigenvalue weighted by atomic mass is 10.2. The minimum Gasteiger partial charge on any atom is -0.504 e. The maximum absolute atomic E-state index is 10.7. The molecule has 3 aromatic rings. The van der Waals surface area contributed by atoms with E-state index in [4.69, 9.17) is 23.9 Å². The number of para-hydroxylation sites is 1. The molecule has 174 valence electrons. The Labute approximate surface area is 208 Å². The molecular formula is C22H26Br2N2O5S. The Hall–Kier alpha value is -1.01. The molecule has 0 amide bonds. The van der Waals surface area contributed by atoms with Crippen LogP contribution in [0.25, 0.3) is 22.1 Å². The lowest BCUT2D eigenvalue weighted by Gasteiger charge is -2.13. The van der Waals surface area contributed by atoms with Crippen LogP contribution in [0.4, 0.5) is 0 Å². The summed E-state index contributed by atoms with van der Waals surface area (Å²) >= 11 is 8.75. The second kappa shape index (κ2) is 13.0. The van der Waals surface area contributed by atoms with E-state index in [0.29, 0.717) is 67.5 Å². The van der Waals surface area contributed by atoms with Crippen molar-refractivity contribution in [3.05, 3.63) is 32.7 Å². The number of aryl methyl sites for hydroxylation is 1. The molecule has 0 aliphatic rings. The Bertz CT molecular complexity index is 1050. The number of methoxy groups -OCH3 is 1. The quantitative estimate of drug-likeness (QED) is 0.167. The first-order valence-corrected chi connectivity index (χ1v) is 12.7. The molecule has 0 aliphatic carbocycles. The minimum absolute atomic E-state index is 0.0867. The number of phenolic OH excluding ortho intramolecular Hbond substituents is 1. The smallest absolute Gasteiger partial charge is 0.158 e. The molecule has 0 atom stereocenters. The molecule has 2 aromatic carbocycles. The van der Waals surface area contributed by atoms with Gasteiger partial charge in [-0.2, -0.15) is 0 Å². The van der Waals surface area contributed by atoms with Crippen LogP contribution in [-0.2, 0) is 18.9 Å². The third kappa shape index (κ3) is 6.53. The summed E-state index contributed by atoms with van der Waals surface area (Å²) in [5.41, 5.74) is 3.72. The van der Waals surface area contributed by atoms with Gasteiger partial charge in [0.05, 0.1) is 66.2 Å². The van der Waals surface area contributed by atoms with Gasteiger partial charge in [0, 0.05) is 17.8 Å². The van der Waals surface area contributed by atoms with Gasteiger partial charge in [0.2, 0.25) is 0 Å². The summed E-state index contributed by atoms with van der Waals surface area (Å²) in [5.74, 6) is 0.797. The van der Waals surface area contributed by atoms with E-state index in [9.17, 15) is 5.11 Å². The maximum atomic E-state index is 10.7. The van der Waals surface area contributed by atoms with Crippen LogP contribution in [0, 0.1) is 6.92 Å². The zero-order chi connectivity index (χ0) is 22.9. The van der Waals surface area contributed by atoms with E-state index in [-0.39, 0.29) is 5.75 Å². The van der Waals surface area contributed by atoms with Crippen molar-refractivity contribution in [1.29, 1.82) is 0 Å². The monoisotopic (exact) mass is 588 g/mol. The normalized spacial score (nSPS) is 11.6. The number of thioether (sulfide) groups is 1. The van der Waals surface area contributed by atoms with Gasteiger partial charge in [-0.25, -0.2) is 9.97 Å². The van der Waals surface area contributed by atoms with Crippen LogP contribution in [0.2, 0.25) is 0 Å². The van der Waals surface area contributed by atoms with Gasteiger partial charge in [0.25, 0.3) is 0 Å². The number of benzene rings is 2. The van der Waals surface area contributed by atoms with E-state index < -0.39 is 0 Å². The largest absolute Gasteiger partial charge is 0.504 e. The predicted molar refractivity (Wildman–Crippen MR) is 134 cm³/mol. The molecule has 3 rings (SSSR count). The predicted octanol–water partition coefficient (Wildman–Crippen LogP) is 5.11. The summed E-state index contributed by atoms with van der Waals surface area (Å²) in [7, 11) is 1.65. The molecule has 0 unspecified atom stereocenters. The number of aromatic hydroxyl groups is 1. The lowest BCUT2D eigenvalue weighted by Crippen LogP contribution is -2.12. The molecule has 10 heteroatoms. The van der Waals surface area contributed by atoms with Crippen molar-refractivity contribution in [2.45, 2.75) is 11.8 Å². The number of hydrogen-bond acceptors (Lipinski definition) is 8. The number of hydrogen-bond donors (Lipinski definition) is 1. The first-order chi connectivity index (χ1) is 15.5. The van der Waals surface area contributed by atoms with Crippen molar-refractivity contribution in [2.75, 3.05) is 59.1 Å². The van der Waals surface area contributed by atoms with E-state index in [1.54, 1.807) is 18.9 Å². The van der Waals surface area contributed by atoms with Gasteiger partial charge in [-0.3, -0.25) is 0 Å². The van der Waals surface area contributed by atoms with Gasteiger partial charge in [-0.15, -0.1) is 11.8 Å². The average Bonchev–Trinajstić information content (AvgIpc) is 2.79. The van der Waals surface area contributed by atoms with E-state index in [0.717, 1.165) is 26.0 Å². The first kappa shape index (κ1) is 25.6. The SMILES string of the molecule is COCCOCCOCCOCCSc1c(Br)c(O)c2nc3cccc(C)c3nc2c1Br. The summed E-state index contributed by atoms with van der Waals surface area (Å²) in [6.45, 7) is 5.83. The second-order valence-corrected chi connectivity index (χ2v) is 9.54. The summed E-state index contributed by atoms with van der Waals surface area (Å²) in [6, 6.07) is 5.83. The molecule has 7 nitrogen and oxygen atoms in total. The van der Waals surface area contributed by atoms with Gasteiger partial charge in [-0.1, -0.05) is 12.1 Å². The molecule has 0 bridgehead atoms. The zero-order valence-corrected chi connectivity index (χ0v) is 22.0. The van der Waals surface area contributed by atoms with Gasteiger partial charge < -0.3 is 24.1 Å². The molecule has 1 N–H and O–H groups in total. The van der Waals surface area contributed by atoms with E-state index in [2.05, 4.69) is 36.8 Å². The number of rotatable bonds is 13. The van der Waals surface area contributed by atoms with Crippen LogP contribution in [0.15, 0.2) is 32.0 Å².